The number of hydroxylamine groups is 1. The van der Waals surface area contributed by atoms with Gasteiger partial charge in [-0.05, 0) is 25.0 Å². The number of amides is 1. The molecule has 0 saturated heterocycles. The van der Waals surface area contributed by atoms with E-state index in [0.29, 0.717) is 11.4 Å². The van der Waals surface area contributed by atoms with Gasteiger partial charge in [0, 0.05) is 0 Å². The first kappa shape index (κ1) is 13.8. The molecule has 0 heterocycles. The van der Waals surface area contributed by atoms with Gasteiger partial charge < -0.3 is 10.1 Å². The van der Waals surface area contributed by atoms with Gasteiger partial charge in [-0.2, -0.15) is 5.48 Å². The number of carbonyl (C=O) groups excluding carboxylic acids is 1. The predicted molar refractivity (Wildman–Crippen MR) is 73.0 cm³/mol. The molecule has 0 atom stereocenters. The molecule has 0 spiro atoms. The lowest BCUT2D eigenvalue weighted by atomic mass is 10.3. The van der Waals surface area contributed by atoms with Crippen molar-refractivity contribution in [3.05, 3.63) is 24.3 Å². The Morgan fingerprint density at radius 2 is 2.05 bits per heavy atom. The minimum atomic E-state index is -0.150. The van der Waals surface area contributed by atoms with Crippen molar-refractivity contribution in [2.24, 2.45) is 0 Å². The molecule has 0 bridgehead atoms. The second-order valence-corrected chi connectivity index (χ2v) is 4.59. The van der Waals surface area contributed by atoms with Gasteiger partial charge in [0.05, 0.1) is 18.9 Å². The maximum Gasteiger partial charge on any atom is 0.240 e. The number of anilines is 1. The fourth-order valence-electron chi connectivity index (χ4n) is 2.17. The summed E-state index contributed by atoms with van der Waals surface area (Å²) in [6.07, 6.45) is 4.81. The van der Waals surface area contributed by atoms with Gasteiger partial charge in [-0.25, -0.2) is 0 Å². The largest absolute Gasteiger partial charge is 0.495 e. The summed E-state index contributed by atoms with van der Waals surface area (Å²) in [6.45, 7) is 0.133. The Bertz CT molecular complexity index is 417. The van der Waals surface area contributed by atoms with E-state index in [-0.39, 0.29) is 18.6 Å². The van der Waals surface area contributed by atoms with E-state index in [1.165, 1.54) is 12.8 Å². The third-order valence-electron chi connectivity index (χ3n) is 3.17. The van der Waals surface area contributed by atoms with Crippen LogP contribution < -0.4 is 15.5 Å². The van der Waals surface area contributed by atoms with Crippen molar-refractivity contribution >= 4 is 11.6 Å². The van der Waals surface area contributed by atoms with Gasteiger partial charge in [-0.15, -0.1) is 0 Å². The van der Waals surface area contributed by atoms with Gasteiger partial charge >= 0.3 is 0 Å². The molecule has 0 unspecified atom stereocenters. The number of hydrogen-bond acceptors (Lipinski definition) is 4. The minimum Gasteiger partial charge on any atom is -0.495 e. The smallest absolute Gasteiger partial charge is 0.240 e. The molecule has 5 nitrogen and oxygen atoms in total. The molecule has 5 heteroatoms. The van der Waals surface area contributed by atoms with Gasteiger partial charge in [-0.1, -0.05) is 25.0 Å². The zero-order chi connectivity index (χ0) is 13.5. The van der Waals surface area contributed by atoms with Crippen LogP contribution in [0.1, 0.15) is 25.7 Å². The van der Waals surface area contributed by atoms with Crippen LogP contribution in [0.2, 0.25) is 0 Å². The molecule has 1 aliphatic rings. The standard InChI is InChI=1S/C14H20N2O3/c1-18-13-9-5-4-8-12(13)16-14(17)10-15-19-11-6-2-3-7-11/h4-5,8-9,11,15H,2-3,6-7,10H2,1H3,(H,16,17). The Morgan fingerprint density at radius 3 is 2.79 bits per heavy atom. The van der Waals surface area contributed by atoms with Crippen LogP contribution in [0.15, 0.2) is 24.3 Å². The first-order valence-electron chi connectivity index (χ1n) is 6.61. The number of rotatable bonds is 6. The summed E-state index contributed by atoms with van der Waals surface area (Å²) in [5.74, 6) is 0.495. The van der Waals surface area contributed by atoms with E-state index in [4.69, 9.17) is 9.57 Å². The van der Waals surface area contributed by atoms with E-state index in [2.05, 4.69) is 10.8 Å². The van der Waals surface area contributed by atoms with E-state index in [9.17, 15) is 4.79 Å². The Balaban J connectivity index is 1.74. The van der Waals surface area contributed by atoms with Crippen LogP contribution in [0.5, 0.6) is 5.75 Å². The fourth-order valence-corrected chi connectivity index (χ4v) is 2.17. The van der Waals surface area contributed by atoms with Crippen LogP contribution in [0.25, 0.3) is 0 Å². The monoisotopic (exact) mass is 264 g/mol. The van der Waals surface area contributed by atoms with Crippen LogP contribution in [0, 0.1) is 0 Å². The Hall–Kier alpha value is -1.59. The average Bonchev–Trinajstić information content (AvgIpc) is 2.92. The van der Waals surface area contributed by atoms with Crippen molar-refractivity contribution in [1.82, 2.24) is 5.48 Å². The summed E-state index contributed by atoms with van der Waals surface area (Å²) >= 11 is 0. The molecule has 1 aliphatic carbocycles. The van der Waals surface area contributed by atoms with Crippen molar-refractivity contribution in [2.45, 2.75) is 31.8 Å². The van der Waals surface area contributed by atoms with Gasteiger partial charge in [0.25, 0.3) is 0 Å². The Morgan fingerprint density at radius 1 is 1.32 bits per heavy atom. The SMILES string of the molecule is COc1ccccc1NC(=O)CNOC1CCCC1. The maximum atomic E-state index is 11.7. The topological polar surface area (TPSA) is 59.6 Å². The number of carbonyl (C=O) groups is 1. The highest BCUT2D eigenvalue weighted by molar-refractivity contribution is 5.93. The third-order valence-corrected chi connectivity index (χ3v) is 3.17. The lowest BCUT2D eigenvalue weighted by Gasteiger charge is -2.12. The van der Waals surface area contributed by atoms with Gasteiger partial charge in [0.2, 0.25) is 5.91 Å². The lowest BCUT2D eigenvalue weighted by molar-refractivity contribution is -0.119. The summed E-state index contributed by atoms with van der Waals surface area (Å²) < 4.78 is 5.17. The molecule has 0 radical (unpaired) electrons. The summed E-state index contributed by atoms with van der Waals surface area (Å²) in [7, 11) is 1.58. The van der Waals surface area contributed by atoms with Crippen LogP contribution in [-0.2, 0) is 9.63 Å². The zero-order valence-corrected chi connectivity index (χ0v) is 11.1. The molecule has 0 aliphatic heterocycles. The second kappa shape index (κ2) is 7.11. The first-order chi connectivity index (χ1) is 9.29. The molecule has 1 aromatic rings. The number of para-hydroxylation sites is 2. The minimum absolute atomic E-state index is 0.133. The maximum absolute atomic E-state index is 11.7. The molecule has 2 N–H and O–H groups in total. The molecular weight excluding hydrogens is 244 g/mol. The molecular formula is C14H20N2O3. The second-order valence-electron chi connectivity index (χ2n) is 4.59. The Kier molecular flexibility index (Phi) is 5.18. The predicted octanol–water partition coefficient (Wildman–Crippen LogP) is 2.10. The molecule has 1 fully saturated rings. The van der Waals surface area contributed by atoms with Crippen LogP contribution in [0.3, 0.4) is 0 Å². The highest BCUT2D eigenvalue weighted by Gasteiger charge is 2.16. The molecule has 104 valence electrons. The number of hydrogen-bond donors (Lipinski definition) is 2. The van der Waals surface area contributed by atoms with Gasteiger partial charge in [0.15, 0.2) is 0 Å². The highest BCUT2D eigenvalue weighted by atomic mass is 16.7. The summed E-state index contributed by atoms with van der Waals surface area (Å²) in [6, 6.07) is 7.31. The van der Waals surface area contributed by atoms with Crippen molar-refractivity contribution in [1.29, 1.82) is 0 Å². The highest BCUT2D eigenvalue weighted by Crippen LogP contribution is 2.22. The summed E-state index contributed by atoms with van der Waals surface area (Å²) in [5, 5.41) is 2.78. The van der Waals surface area contributed by atoms with Crippen LogP contribution in [0.4, 0.5) is 5.69 Å². The number of benzene rings is 1. The normalized spacial score (nSPS) is 15.4. The third kappa shape index (κ3) is 4.22. The van der Waals surface area contributed by atoms with Crippen molar-refractivity contribution in [3.63, 3.8) is 0 Å². The van der Waals surface area contributed by atoms with Crippen LogP contribution >= 0.6 is 0 Å². The first-order valence-corrected chi connectivity index (χ1v) is 6.61. The molecule has 1 aromatic carbocycles. The lowest BCUT2D eigenvalue weighted by Crippen LogP contribution is -2.31. The van der Waals surface area contributed by atoms with E-state index in [1.54, 1.807) is 19.2 Å². The number of nitrogens with one attached hydrogen (secondary N) is 2. The number of ether oxygens (including phenoxy) is 1. The van der Waals surface area contributed by atoms with E-state index in [1.807, 2.05) is 12.1 Å². The molecule has 2 rings (SSSR count). The molecule has 1 saturated carbocycles. The van der Waals surface area contributed by atoms with Crippen molar-refractivity contribution in [2.75, 3.05) is 19.0 Å². The van der Waals surface area contributed by atoms with E-state index in [0.717, 1.165) is 12.8 Å². The van der Waals surface area contributed by atoms with Crippen molar-refractivity contribution in [3.8, 4) is 5.75 Å². The molecule has 19 heavy (non-hydrogen) atoms. The van der Waals surface area contributed by atoms with Gasteiger partial charge in [-0.3, -0.25) is 9.63 Å². The average molecular weight is 264 g/mol. The van der Waals surface area contributed by atoms with Crippen molar-refractivity contribution < 1.29 is 14.4 Å². The molecule has 1 amide bonds. The summed E-state index contributed by atoms with van der Waals surface area (Å²) in [5.41, 5.74) is 3.40. The molecule has 0 aromatic heterocycles. The summed E-state index contributed by atoms with van der Waals surface area (Å²) in [4.78, 5) is 17.2. The fraction of sp³-hybridized carbons (Fsp3) is 0.500. The van der Waals surface area contributed by atoms with Gasteiger partial charge in [0.1, 0.15) is 12.3 Å². The van der Waals surface area contributed by atoms with E-state index < -0.39 is 0 Å². The van der Waals surface area contributed by atoms with E-state index >= 15 is 0 Å². The number of methoxy groups -OCH3 is 1. The quantitative estimate of drug-likeness (QED) is 0.772. The zero-order valence-electron chi connectivity index (χ0n) is 11.1. The Labute approximate surface area is 113 Å². The van der Waals surface area contributed by atoms with Crippen LogP contribution in [-0.4, -0.2) is 25.7 Å².